The van der Waals surface area contributed by atoms with Crippen LogP contribution in [0.2, 0.25) is 10.0 Å². The van der Waals surface area contributed by atoms with Crippen LogP contribution in [0.1, 0.15) is 5.56 Å². The Hall–Kier alpha value is -1.43. The molecule has 0 heterocycles. The Morgan fingerprint density at radius 2 is 1.86 bits per heavy atom. The lowest BCUT2D eigenvalue weighted by Gasteiger charge is -2.11. The van der Waals surface area contributed by atoms with Crippen LogP contribution in [-0.2, 0) is 15.6 Å². The maximum atomic E-state index is 12.5. The van der Waals surface area contributed by atoms with Crippen LogP contribution in [0, 0.1) is 0 Å². The van der Waals surface area contributed by atoms with E-state index in [9.17, 15) is 8.42 Å². The first-order valence-corrected chi connectivity index (χ1v) is 8.34. The van der Waals surface area contributed by atoms with Crippen molar-refractivity contribution in [2.24, 2.45) is 0 Å². The van der Waals surface area contributed by atoms with E-state index in [2.05, 4.69) is 0 Å². The van der Waals surface area contributed by atoms with Crippen molar-refractivity contribution in [1.29, 1.82) is 0 Å². The average Bonchev–Trinajstić information content (AvgIpc) is 2.41. The van der Waals surface area contributed by atoms with E-state index in [1.807, 2.05) is 0 Å². The van der Waals surface area contributed by atoms with Gasteiger partial charge in [0.05, 0.1) is 12.9 Å². The van der Waals surface area contributed by atoms with Crippen LogP contribution in [0.15, 0.2) is 41.3 Å². The highest BCUT2D eigenvalue weighted by atomic mass is 35.5. The molecule has 0 aliphatic heterocycles. The molecule has 0 bridgehead atoms. The first-order chi connectivity index (χ1) is 9.83. The molecule has 112 valence electrons. The second kappa shape index (κ2) is 6.13. The fraction of sp³-hybridized carbons (Fsp3) is 0.143. The number of hydrogen-bond donors (Lipinski definition) is 1. The molecule has 4 nitrogen and oxygen atoms in total. The highest BCUT2D eigenvalue weighted by Crippen LogP contribution is 2.30. The molecule has 21 heavy (non-hydrogen) atoms. The number of methoxy groups -OCH3 is 1. The molecule has 2 rings (SSSR count). The Morgan fingerprint density at radius 3 is 2.48 bits per heavy atom. The zero-order valence-corrected chi connectivity index (χ0v) is 13.5. The maximum absolute atomic E-state index is 12.5. The van der Waals surface area contributed by atoms with Crippen molar-refractivity contribution in [3.63, 3.8) is 0 Å². The van der Waals surface area contributed by atoms with Crippen LogP contribution >= 0.6 is 23.2 Å². The highest BCUT2D eigenvalue weighted by molar-refractivity contribution is 7.90. The van der Waals surface area contributed by atoms with Crippen LogP contribution in [0.3, 0.4) is 0 Å². The van der Waals surface area contributed by atoms with E-state index in [0.29, 0.717) is 21.3 Å². The normalized spacial score (nSPS) is 11.4. The molecule has 2 aromatic rings. The summed E-state index contributed by atoms with van der Waals surface area (Å²) in [5.74, 6) is -0.0383. The van der Waals surface area contributed by atoms with Gasteiger partial charge in [-0.15, -0.1) is 0 Å². The molecule has 2 N–H and O–H groups in total. The van der Waals surface area contributed by atoms with Gasteiger partial charge in [-0.2, -0.15) is 0 Å². The molecule has 0 aliphatic rings. The van der Waals surface area contributed by atoms with Gasteiger partial charge in [0.1, 0.15) is 10.6 Å². The largest absolute Gasteiger partial charge is 0.495 e. The molecule has 0 amide bonds. The van der Waals surface area contributed by atoms with Crippen molar-refractivity contribution in [2.45, 2.75) is 10.6 Å². The van der Waals surface area contributed by atoms with Crippen molar-refractivity contribution < 1.29 is 13.2 Å². The summed E-state index contributed by atoms with van der Waals surface area (Å²) in [6.07, 6.45) is 0. The summed E-state index contributed by atoms with van der Waals surface area (Å²) in [7, 11) is -2.22. The van der Waals surface area contributed by atoms with Crippen molar-refractivity contribution in [3.8, 4) is 5.75 Å². The van der Waals surface area contributed by atoms with Gasteiger partial charge < -0.3 is 10.5 Å². The van der Waals surface area contributed by atoms with Crippen LogP contribution in [0.25, 0.3) is 0 Å². The van der Waals surface area contributed by atoms with Gasteiger partial charge in [0.15, 0.2) is 9.84 Å². The highest BCUT2D eigenvalue weighted by Gasteiger charge is 2.21. The predicted octanol–water partition coefficient (Wildman–Crippen LogP) is 3.56. The quantitative estimate of drug-likeness (QED) is 0.860. The molecule has 0 radical (unpaired) electrons. The summed E-state index contributed by atoms with van der Waals surface area (Å²) in [6.45, 7) is 0. The zero-order chi connectivity index (χ0) is 15.6. The molecule has 0 saturated heterocycles. The average molecular weight is 346 g/mol. The van der Waals surface area contributed by atoms with Gasteiger partial charge >= 0.3 is 0 Å². The van der Waals surface area contributed by atoms with E-state index >= 15 is 0 Å². The summed E-state index contributed by atoms with van der Waals surface area (Å²) < 4.78 is 30.1. The number of anilines is 1. The van der Waals surface area contributed by atoms with Gasteiger partial charge in [0.25, 0.3) is 0 Å². The van der Waals surface area contributed by atoms with E-state index in [1.54, 1.807) is 12.1 Å². The Morgan fingerprint density at radius 1 is 1.14 bits per heavy atom. The molecule has 0 saturated carbocycles. The van der Waals surface area contributed by atoms with Gasteiger partial charge in [-0.25, -0.2) is 8.42 Å². The number of nitrogens with two attached hydrogens (primary N) is 1. The summed E-state index contributed by atoms with van der Waals surface area (Å²) in [5, 5.41) is 0.756. The Bertz CT molecular complexity index is 776. The number of hydrogen-bond acceptors (Lipinski definition) is 4. The topological polar surface area (TPSA) is 69.4 Å². The van der Waals surface area contributed by atoms with Crippen LogP contribution in [-0.4, -0.2) is 15.5 Å². The first-order valence-electron chi connectivity index (χ1n) is 5.93. The standard InChI is InChI=1S/C14H13Cl2NO3S/c1-20-13-7-11(17)4-5-14(13)21(18,19)8-9-2-3-10(15)6-12(9)16/h2-7H,8,17H2,1H3. The lowest BCUT2D eigenvalue weighted by molar-refractivity contribution is 0.403. The third-order valence-corrected chi connectivity index (χ3v) is 5.17. The minimum absolute atomic E-state index is 0.0743. The Balaban J connectivity index is 2.43. The number of sulfone groups is 1. The molecule has 0 spiro atoms. The number of ether oxygens (including phenoxy) is 1. The van der Waals surface area contributed by atoms with E-state index in [-0.39, 0.29) is 16.4 Å². The van der Waals surface area contributed by atoms with Gasteiger partial charge in [-0.1, -0.05) is 29.3 Å². The van der Waals surface area contributed by atoms with Crippen molar-refractivity contribution in [2.75, 3.05) is 12.8 Å². The summed E-state index contributed by atoms with van der Waals surface area (Å²) in [6, 6.07) is 9.10. The van der Waals surface area contributed by atoms with Crippen molar-refractivity contribution in [3.05, 3.63) is 52.0 Å². The molecule has 0 fully saturated rings. The summed E-state index contributed by atoms with van der Waals surface area (Å²) >= 11 is 11.8. The first kappa shape index (κ1) is 15.9. The summed E-state index contributed by atoms with van der Waals surface area (Å²) in [5.41, 5.74) is 6.53. The van der Waals surface area contributed by atoms with Crippen molar-refractivity contribution >= 4 is 38.7 Å². The molecular formula is C14H13Cl2NO3S. The Kier molecular flexibility index (Phi) is 4.66. The molecule has 0 aliphatic carbocycles. The van der Waals surface area contributed by atoms with Crippen molar-refractivity contribution in [1.82, 2.24) is 0 Å². The predicted molar refractivity (Wildman–Crippen MR) is 84.8 cm³/mol. The van der Waals surface area contributed by atoms with E-state index in [1.165, 1.54) is 31.4 Å². The number of rotatable bonds is 4. The van der Waals surface area contributed by atoms with E-state index in [0.717, 1.165) is 0 Å². The van der Waals surface area contributed by atoms with Gasteiger partial charge in [0.2, 0.25) is 0 Å². The van der Waals surface area contributed by atoms with Crippen LogP contribution < -0.4 is 10.5 Å². The molecule has 2 aromatic carbocycles. The lowest BCUT2D eigenvalue weighted by atomic mass is 10.2. The lowest BCUT2D eigenvalue weighted by Crippen LogP contribution is -2.07. The fourth-order valence-electron chi connectivity index (χ4n) is 1.86. The second-order valence-electron chi connectivity index (χ2n) is 4.41. The van der Waals surface area contributed by atoms with Gasteiger partial charge in [0, 0.05) is 21.8 Å². The maximum Gasteiger partial charge on any atom is 0.186 e. The minimum atomic E-state index is -3.62. The van der Waals surface area contributed by atoms with Gasteiger partial charge in [-0.3, -0.25) is 0 Å². The zero-order valence-electron chi connectivity index (χ0n) is 11.1. The minimum Gasteiger partial charge on any atom is -0.495 e. The van der Waals surface area contributed by atoms with E-state index < -0.39 is 9.84 Å². The molecule has 0 unspecified atom stereocenters. The van der Waals surface area contributed by atoms with Crippen LogP contribution in [0.5, 0.6) is 5.75 Å². The molecular weight excluding hydrogens is 333 g/mol. The third kappa shape index (κ3) is 3.61. The number of halogens is 2. The fourth-order valence-corrected chi connectivity index (χ4v) is 3.96. The Labute approximate surface area is 133 Å². The molecule has 0 atom stereocenters. The summed E-state index contributed by atoms with van der Waals surface area (Å²) in [4.78, 5) is 0.0743. The SMILES string of the molecule is COc1cc(N)ccc1S(=O)(=O)Cc1ccc(Cl)cc1Cl. The number of nitrogen functional groups attached to an aromatic ring is 1. The molecule has 0 aromatic heterocycles. The molecule has 7 heteroatoms. The van der Waals surface area contributed by atoms with E-state index in [4.69, 9.17) is 33.7 Å². The monoisotopic (exact) mass is 345 g/mol. The van der Waals surface area contributed by atoms with Crippen LogP contribution in [0.4, 0.5) is 5.69 Å². The second-order valence-corrected chi connectivity index (χ2v) is 7.21. The van der Waals surface area contributed by atoms with Gasteiger partial charge in [-0.05, 0) is 29.8 Å². The third-order valence-electron chi connectivity index (χ3n) is 2.88. The number of benzene rings is 2. The smallest absolute Gasteiger partial charge is 0.186 e.